The van der Waals surface area contributed by atoms with E-state index in [0.29, 0.717) is 5.16 Å². The van der Waals surface area contributed by atoms with Crippen LogP contribution < -0.4 is 0 Å². The van der Waals surface area contributed by atoms with E-state index >= 15 is 0 Å². The molecule has 5 heteroatoms. The maximum Gasteiger partial charge on any atom is 0.354 e. The lowest BCUT2D eigenvalue weighted by Crippen LogP contribution is -2.01. The molecule has 1 aromatic carbocycles. The second-order valence-corrected chi connectivity index (χ2v) is 3.99. The molecular weight excluding hydrogens is 224 g/mol. The highest BCUT2D eigenvalue weighted by Gasteiger charge is 2.06. The normalized spacial score (nSPS) is 10.0. The van der Waals surface area contributed by atoms with Crippen LogP contribution in [0.3, 0.4) is 0 Å². The van der Waals surface area contributed by atoms with Crippen LogP contribution in [0.15, 0.2) is 52.6 Å². The van der Waals surface area contributed by atoms with Gasteiger partial charge < -0.3 is 5.11 Å². The summed E-state index contributed by atoms with van der Waals surface area (Å²) in [6, 6.07) is 10.9. The third-order valence-electron chi connectivity index (χ3n) is 1.80. The molecule has 0 amide bonds. The first kappa shape index (κ1) is 10.6. The molecule has 0 spiro atoms. The van der Waals surface area contributed by atoms with Crippen LogP contribution in [0.5, 0.6) is 0 Å². The van der Waals surface area contributed by atoms with Crippen molar-refractivity contribution in [2.24, 2.45) is 0 Å². The van der Waals surface area contributed by atoms with Gasteiger partial charge in [0.25, 0.3) is 0 Å². The van der Waals surface area contributed by atoms with Gasteiger partial charge in [0.15, 0.2) is 10.9 Å². The Morgan fingerprint density at radius 2 is 1.94 bits per heavy atom. The summed E-state index contributed by atoms with van der Waals surface area (Å²) in [5.41, 5.74) is 0.00781. The monoisotopic (exact) mass is 232 g/mol. The molecule has 1 N–H and O–H groups in total. The third-order valence-corrected chi connectivity index (χ3v) is 2.69. The summed E-state index contributed by atoms with van der Waals surface area (Å²) in [6.45, 7) is 0. The summed E-state index contributed by atoms with van der Waals surface area (Å²) in [5.74, 6) is -1.04. The number of benzene rings is 1. The number of aromatic nitrogens is 2. The molecule has 0 saturated heterocycles. The van der Waals surface area contributed by atoms with E-state index < -0.39 is 5.97 Å². The van der Waals surface area contributed by atoms with Gasteiger partial charge in [0.2, 0.25) is 0 Å². The zero-order valence-corrected chi connectivity index (χ0v) is 9.02. The summed E-state index contributed by atoms with van der Waals surface area (Å²) in [7, 11) is 0. The lowest BCUT2D eigenvalue weighted by molar-refractivity contribution is 0.0689. The van der Waals surface area contributed by atoms with Crippen LogP contribution in [0, 0.1) is 0 Å². The van der Waals surface area contributed by atoms with Gasteiger partial charge in [-0.1, -0.05) is 18.2 Å². The predicted octanol–water partition coefficient (Wildman–Crippen LogP) is 2.33. The molecule has 1 aromatic heterocycles. The number of hydrogen-bond acceptors (Lipinski definition) is 4. The molecule has 0 aliphatic heterocycles. The van der Waals surface area contributed by atoms with Crippen LogP contribution in [-0.2, 0) is 0 Å². The number of nitrogens with zero attached hydrogens (tertiary/aromatic N) is 2. The van der Waals surface area contributed by atoms with Crippen molar-refractivity contribution in [2.75, 3.05) is 0 Å². The average Bonchev–Trinajstić information content (AvgIpc) is 2.30. The lowest BCUT2D eigenvalue weighted by atomic mass is 10.4. The highest BCUT2D eigenvalue weighted by Crippen LogP contribution is 2.23. The summed E-state index contributed by atoms with van der Waals surface area (Å²) >= 11 is 1.33. The third kappa shape index (κ3) is 2.58. The average molecular weight is 232 g/mol. The highest BCUT2D eigenvalue weighted by molar-refractivity contribution is 7.99. The zero-order valence-electron chi connectivity index (χ0n) is 8.20. The van der Waals surface area contributed by atoms with Gasteiger partial charge in [-0.05, 0) is 30.0 Å². The van der Waals surface area contributed by atoms with E-state index in [1.807, 2.05) is 30.3 Å². The van der Waals surface area contributed by atoms with Crippen LogP contribution in [0.25, 0.3) is 0 Å². The van der Waals surface area contributed by atoms with Crippen molar-refractivity contribution < 1.29 is 9.90 Å². The van der Waals surface area contributed by atoms with Gasteiger partial charge in [-0.15, -0.1) is 0 Å². The van der Waals surface area contributed by atoms with Crippen molar-refractivity contribution in [3.05, 3.63) is 48.3 Å². The maximum absolute atomic E-state index is 10.7. The van der Waals surface area contributed by atoms with Crippen LogP contribution in [-0.4, -0.2) is 21.0 Å². The lowest BCUT2D eigenvalue weighted by Gasteiger charge is -2.00. The fourth-order valence-corrected chi connectivity index (χ4v) is 1.86. The summed E-state index contributed by atoms with van der Waals surface area (Å²) in [5, 5.41) is 9.21. The number of carbonyl (C=O) groups is 1. The van der Waals surface area contributed by atoms with Crippen LogP contribution >= 0.6 is 11.8 Å². The molecule has 2 rings (SSSR count). The number of rotatable bonds is 3. The summed E-state index contributed by atoms with van der Waals surface area (Å²) in [6.07, 6.45) is 1.45. The number of carboxylic acid groups (broad SMARTS) is 1. The number of carboxylic acids is 1. The molecule has 16 heavy (non-hydrogen) atoms. The maximum atomic E-state index is 10.7. The molecule has 0 radical (unpaired) electrons. The molecule has 0 fully saturated rings. The molecule has 2 aromatic rings. The molecule has 1 heterocycles. The van der Waals surface area contributed by atoms with Gasteiger partial charge in [-0.2, -0.15) is 0 Å². The van der Waals surface area contributed by atoms with E-state index in [4.69, 9.17) is 5.11 Å². The molecule has 4 nitrogen and oxygen atoms in total. The van der Waals surface area contributed by atoms with E-state index in [-0.39, 0.29) is 5.69 Å². The number of aromatic carboxylic acids is 1. The summed E-state index contributed by atoms with van der Waals surface area (Å²) in [4.78, 5) is 19.6. The van der Waals surface area contributed by atoms with Crippen molar-refractivity contribution in [3.8, 4) is 0 Å². The first-order valence-electron chi connectivity index (χ1n) is 4.55. The minimum absolute atomic E-state index is 0.00781. The zero-order chi connectivity index (χ0) is 11.4. The largest absolute Gasteiger partial charge is 0.477 e. The van der Waals surface area contributed by atoms with Crippen LogP contribution in [0.2, 0.25) is 0 Å². The Labute approximate surface area is 96.4 Å². The fourth-order valence-electron chi connectivity index (χ4n) is 1.10. The SMILES string of the molecule is O=C(O)c1ccnc(Sc2ccccc2)n1. The van der Waals surface area contributed by atoms with Crippen LogP contribution in [0.1, 0.15) is 10.5 Å². The molecule has 0 aliphatic rings. The molecule has 0 bridgehead atoms. The second kappa shape index (κ2) is 4.76. The van der Waals surface area contributed by atoms with E-state index in [1.54, 1.807) is 0 Å². The molecule has 0 aliphatic carbocycles. The first-order chi connectivity index (χ1) is 7.75. The van der Waals surface area contributed by atoms with Gasteiger partial charge in [0, 0.05) is 11.1 Å². The Bertz CT molecular complexity index is 502. The predicted molar refractivity (Wildman–Crippen MR) is 59.6 cm³/mol. The van der Waals surface area contributed by atoms with Gasteiger partial charge in [0.05, 0.1) is 0 Å². The molecule has 80 valence electrons. The van der Waals surface area contributed by atoms with Crippen molar-refractivity contribution in [3.63, 3.8) is 0 Å². The van der Waals surface area contributed by atoms with Crippen molar-refractivity contribution in [1.29, 1.82) is 0 Å². The topological polar surface area (TPSA) is 63.1 Å². The standard InChI is InChI=1S/C11H8N2O2S/c14-10(15)9-6-7-12-11(13-9)16-8-4-2-1-3-5-8/h1-7H,(H,14,15). The molecule has 0 unspecified atom stereocenters. The van der Waals surface area contributed by atoms with E-state index in [2.05, 4.69) is 9.97 Å². The van der Waals surface area contributed by atoms with Gasteiger partial charge >= 0.3 is 5.97 Å². The van der Waals surface area contributed by atoms with Crippen molar-refractivity contribution in [1.82, 2.24) is 9.97 Å². The second-order valence-electron chi connectivity index (χ2n) is 2.94. The highest BCUT2D eigenvalue weighted by atomic mass is 32.2. The Balaban J connectivity index is 2.22. The molecule has 0 atom stereocenters. The van der Waals surface area contributed by atoms with E-state index in [1.165, 1.54) is 24.0 Å². The van der Waals surface area contributed by atoms with Gasteiger partial charge in [0.1, 0.15) is 0 Å². The fraction of sp³-hybridized carbons (Fsp3) is 0. The van der Waals surface area contributed by atoms with Crippen molar-refractivity contribution >= 4 is 17.7 Å². The van der Waals surface area contributed by atoms with Crippen LogP contribution in [0.4, 0.5) is 0 Å². The molecule has 0 saturated carbocycles. The number of hydrogen-bond donors (Lipinski definition) is 1. The summed E-state index contributed by atoms with van der Waals surface area (Å²) < 4.78 is 0. The Kier molecular flexibility index (Phi) is 3.16. The Morgan fingerprint density at radius 3 is 2.62 bits per heavy atom. The van der Waals surface area contributed by atoms with E-state index in [9.17, 15) is 4.79 Å². The Hall–Kier alpha value is -1.88. The minimum atomic E-state index is -1.04. The van der Waals surface area contributed by atoms with Gasteiger partial charge in [-0.3, -0.25) is 0 Å². The minimum Gasteiger partial charge on any atom is -0.477 e. The smallest absolute Gasteiger partial charge is 0.354 e. The molecular formula is C11H8N2O2S. The quantitative estimate of drug-likeness (QED) is 0.823. The first-order valence-corrected chi connectivity index (χ1v) is 5.36. The van der Waals surface area contributed by atoms with Crippen molar-refractivity contribution in [2.45, 2.75) is 10.1 Å². The van der Waals surface area contributed by atoms with Gasteiger partial charge in [-0.25, -0.2) is 14.8 Å². The Morgan fingerprint density at radius 1 is 1.19 bits per heavy atom. The van der Waals surface area contributed by atoms with E-state index in [0.717, 1.165) is 4.90 Å².